The summed E-state index contributed by atoms with van der Waals surface area (Å²) in [6.07, 6.45) is -2.86. The summed E-state index contributed by atoms with van der Waals surface area (Å²) in [5.41, 5.74) is 4.91. The summed E-state index contributed by atoms with van der Waals surface area (Å²) in [6, 6.07) is -2.23. The smallest absolute Gasteiger partial charge is 0.319 e. The van der Waals surface area contributed by atoms with Gasteiger partial charge in [0.25, 0.3) is 0 Å². The second kappa shape index (κ2) is 3.49. The second-order valence-electron chi connectivity index (χ2n) is 3.27. The summed E-state index contributed by atoms with van der Waals surface area (Å²) in [6.45, 7) is 0. The third kappa shape index (κ3) is 1.89. The Morgan fingerprint density at radius 3 is 2.14 bits per heavy atom. The summed E-state index contributed by atoms with van der Waals surface area (Å²) in [5, 5.41) is 0. The molecule has 2 N–H and O–H groups in total. The summed E-state index contributed by atoms with van der Waals surface area (Å²) in [5.74, 6) is -4.83. The molecule has 0 saturated carbocycles. The Morgan fingerprint density at radius 2 is 1.79 bits per heavy atom. The van der Waals surface area contributed by atoms with Crippen molar-refractivity contribution >= 4 is 0 Å². The zero-order valence-electron chi connectivity index (χ0n) is 7.24. The van der Waals surface area contributed by atoms with E-state index in [4.69, 9.17) is 5.73 Å². The predicted molar refractivity (Wildman–Crippen MR) is 40.9 cm³/mol. The van der Waals surface area contributed by atoms with E-state index in [1.54, 1.807) is 0 Å². The van der Waals surface area contributed by atoms with E-state index in [-0.39, 0.29) is 12.0 Å². The molecule has 0 fully saturated rings. The van der Waals surface area contributed by atoms with Gasteiger partial charge in [0.05, 0.1) is 6.04 Å². The number of alkyl halides is 5. The molecule has 0 radical (unpaired) electrons. The quantitative estimate of drug-likeness (QED) is 0.556. The molecular weight excluding hydrogens is 205 g/mol. The standard InChI is InChI=1S/C8H10F5N/c9-7(10,8(11,12)13)6(14)5-3-1-2-4-5/h3,6H,1-2,4,14H2. The van der Waals surface area contributed by atoms with Crippen LogP contribution < -0.4 is 5.73 Å². The van der Waals surface area contributed by atoms with Crippen molar-refractivity contribution in [2.24, 2.45) is 5.73 Å². The molecule has 0 bridgehead atoms. The van der Waals surface area contributed by atoms with Gasteiger partial charge >= 0.3 is 12.1 Å². The molecule has 0 saturated heterocycles. The zero-order valence-corrected chi connectivity index (χ0v) is 7.24. The van der Waals surface area contributed by atoms with Gasteiger partial charge in [0.15, 0.2) is 0 Å². The lowest BCUT2D eigenvalue weighted by atomic mass is 10.0. The Hall–Kier alpha value is -0.650. The summed E-state index contributed by atoms with van der Waals surface area (Å²) in [4.78, 5) is 0. The Balaban J connectivity index is 2.81. The minimum absolute atomic E-state index is 0.00678. The van der Waals surface area contributed by atoms with Crippen molar-refractivity contribution < 1.29 is 22.0 Å². The van der Waals surface area contributed by atoms with Crippen LogP contribution in [0.2, 0.25) is 0 Å². The molecule has 0 aromatic heterocycles. The molecule has 0 spiro atoms. The summed E-state index contributed by atoms with van der Waals surface area (Å²) < 4.78 is 61.0. The lowest BCUT2D eigenvalue weighted by Gasteiger charge is -2.26. The molecule has 1 atom stereocenters. The van der Waals surface area contributed by atoms with Crippen LogP contribution in [-0.4, -0.2) is 18.1 Å². The molecule has 0 aromatic carbocycles. The Morgan fingerprint density at radius 1 is 1.21 bits per heavy atom. The maximum absolute atomic E-state index is 12.7. The van der Waals surface area contributed by atoms with E-state index in [1.807, 2.05) is 0 Å². The van der Waals surface area contributed by atoms with Crippen LogP contribution in [-0.2, 0) is 0 Å². The van der Waals surface area contributed by atoms with E-state index in [0.717, 1.165) is 0 Å². The van der Waals surface area contributed by atoms with E-state index < -0.39 is 18.1 Å². The first-order valence-electron chi connectivity index (χ1n) is 4.16. The highest BCUT2D eigenvalue weighted by Gasteiger charge is 2.62. The van der Waals surface area contributed by atoms with Crippen molar-refractivity contribution in [3.8, 4) is 0 Å². The van der Waals surface area contributed by atoms with Crippen LogP contribution in [0.15, 0.2) is 11.6 Å². The van der Waals surface area contributed by atoms with Crippen molar-refractivity contribution in [3.05, 3.63) is 11.6 Å². The molecule has 1 aliphatic rings. The summed E-state index contributed by atoms with van der Waals surface area (Å²) in [7, 11) is 0. The van der Waals surface area contributed by atoms with E-state index in [0.29, 0.717) is 12.8 Å². The molecule has 0 aromatic rings. The first kappa shape index (κ1) is 11.4. The highest BCUT2D eigenvalue weighted by Crippen LogP contribution is 2.41. The number of nitrogens with two attached hydrogens (primary N) is 1. The predicted octanol–water partition coefficient (Wildman–Crippen LogP) is 2.62. The van der Waals surface area contributed by atoms with E-state index in [2.05, 4.69) is 0 Å². The number of halogens is 5. The van der Waals surface area contributed by atoms with E-state index >= 15 is 0 Å². The first-order chi connectivity index (χ1) is 6.27. The van der Waals surface area contributed by atoms with Gasteiger partial charge in [0.1, 0.15) is 0 Å². The van der Waals surface area contributed by atoms with Gasteiger partial charge in [-0.3, -0.25) is 0 Å². The van der Waals surface area contributed by atoms with Gasteiger partial charge < -0.3 is 5.73 Å². The van der Waals surface area contributed by atoms with E-state index in [9.17, 15) is 22.0 Å². The van der Waals surface area contributed by atoms with Crippen LogP contribution in [0.4, 0.5) is 22.0 Å². The topological polar surface area (TPSA) is 26.0 Å². The number of hydrogen-bond acceptors (Lipinski definition) is 1. The van der Waals surface area contributed by atoms with Gasteiger partial charge in [-0.15, -0.1) is 0 Å². The largest absolute Gasteiger partial charge is 0.455 e. The highest BCUT2D eigenvalue weighted by molar-refractivity contribution is 5.19. The second-order valence-corrected chi connectivity index (χ2v) is 3.27. The van der Waals surface area contributed by atoms with Crippen LogP contribution in [0.25, 0.3) is 0 Å². The molecule has 0 amide bonds. The number of hydrogen-bond donors (Lipinski definition) is 1. The maximum Gasteiger partial charge on any atom is 0.455 e. The van der Waals surface area contributed by atoms with E-state index in [1.165, 1.54) is 6.08 Å². The average molecular weight is 215 g/mol. The number of allylic oxidation sites excluding steroid dienone is 1. The third-order valence-electron chi connectivity index (χ3n) is 2.24. The fourth-order valence-corrected chi connectivity index (χ4v) is 1.39. The molecule has 14 heavy (non-hydrogen) atoms. The Bertz CT molecular complexity index is 243. The van der Waals surface area contributed by atoms with Crippen LogP contribution in [0.3, 0.4) is 0 Å². The van der Waals surface area contributed by atoms with Crippen LogP contribution >= 0.6 is 0 Å². The summed E-state index contributed by atoms with van der Waals surface area (Å²) >= 11 is 0. The minimum atomic E-state index is -5.57. The Labute approximate surface area is 77.8 Å². The van der Waals surface area contributed by atoms with Gasteiger partial charge in [-0.2, -0.15) is 22.0 Å². The fourth-order valence-electron chi connectivity index (χ4n) is 1.39. The van der Waals surface area contributed by atoms with Crippen molar-refractivity contribution in [3.63, 3.8) is 0 Å². The molecule has 82 valence electrons. The van der Waals surface area contributed by atoms with Crippen LogP contribution in [0, 0.1) is 0 Å². The molecule has 1 nitrogen and oxygen atoms in total. The number of rotatable bonds is 2. The molecule has 0 aliphatic heterocycles. The first-order valence-corrected chi connectivity index (χ1v) is 4.16. The minimum Gasteiger partial charge on any atom is -0.319 e. The SMILES string of the molecule is NC(C1=CCCC1)C(F)(F)C(F)(F)F. The van der Waals surface area contributed by atoms with Crippen LogP contribution in [0.5, 0.6) is 0 Å². The van der Waals surface area contributed by atoms with Crippen molar-refractivity contribution in [2.45, 2.75) is 37.4 Å². The normalized spacial score (nSPS) is 20.9. The lowest BCUT2D eigenvalue weighted by molar-refractivity contribution is -0.286. The Kier molecular flexibility index (Phi) is 2.85. The maximum atomic E-state index is 12.7. The average Bonchev–Trinajstić information content (AvgIpc) is 2.52. The van der Waals surface area contributed by atoms with Crippen molar-refractivity contribution in [2.75, 3.05) is 0 Å². The van der Waals surface area contributed by atoms with Gasteiger partial charge in [-0.1, -0.05) is 11.6 Å². The zero-order chi connectivity index (χ0) is 11.0. The van der Waals surface area contributed by atoms with Gasteiger partial charge in [-0.25, -0.2) is 0 Å². The molecular formula is C8H10F5N. The highest BCUT2D eigenvalue weighted by atomic mass is 19.4. The lowest BCUT2D eigenvalue weighted by Crippen LogP contribution is -2.52. The molecule has 0 heterocycles. The van der Waals surface area contributed by atoms with Gasteiger partial charge in [-0.05, 0) is 19.3 Å². The fraction of sp³-hybridized carbons (Fsp3) is 0.750. The third-order valence-corrected chi connectivity index (χ3v) is 2.24. The van der Waals surface area contributed by atoms with Gasteiger partial charge in [0.2, 0.25) is 0 Å². The molecule has 1 aliphatic carbocycles. The van der Waals surface area contributed by atoms with Crippen molar-refractivity contribution in [1.82, 2.24) is 0 Å². The monoisotopic (exact) mass is 215 g/mol. The molecule has 1 rings (SSSR count). The van der Waals surface area contributed by atoms with Crippen LogP contribution in [0.1, 0.15) is 19.3 Å². The molecule has 1 unspecified atom stereocenters. The van der Waals surface area contributed by atoms with Gasteiger partial charge in [0, 0.05) is 0 Å². The van der Waals surface area contributed by atoms with Crippen molar-refractivity contribution in [1.29, 1.82) is 0 Å². The molecule has 6 heteroatoms.